The molecule has 0 heterocycles. The van der Waals surface area contributed by atoms with E-state index in [-0.39, 0.29) is 11.3 Å². The highest BCUT2D eigenvalue weighted by Gasteiger charge is 2.21. The topological polar surface area (TPSA) is 140 Å². The molecule has 3 atom stereocenters. The van der Waals surface area contributed by atoms with Crippen molar-refractivity contribution in [2.24, 2.45) is 0 Å². The first-order chi connectivity index (χ1) is 8.81. The molecule has 0 saturated carbocycles. The molecule has 1 aromatic rings. The monoisotopic (exact) mass is 332 g/mol. The van der Waals surface area contributed by atoms with Gasteiger partial charge in [-0.05, 0) is 18.6 Å². The van der Waals surface area contributed by atoms with Crippen LogP contribution in [0.2, 0.25) is 0 Å². The van der Waals surface area contributed by atoms with Crippen molar-refractivity contribution < 1.29 is 38.8 Å². The normalized spacial score (nSPS) is 15.4. The SMILES string of the molecule is Cc1ccc(OS(=O)O)c(OS(=O)O)c1OS(=O)O. The molecule has 3 unspecified atom stereocenters. The number of benzene rings is 1. The van der Waals surface area contributed by atoms with E-state index in [1.165, 1.54) is 19.1 Å². The van der Waals surface area contributed by atoms with E-state index < -0.39 is 45.6 Å². The zero-order chi connectivity index (χ0) is 14.6. The number of aryl methyl sites for hydroxylation is 1. The fourth-order valence-corrected chi connectivity index (χ4v) is 2.05. The van der Waals surface area contributed by atoms with Gasteiger partial charge in [-0.3, -0.25) is 13.7 Å². The first-order valence-electron chi connectivity index (χ1n) is 4.32. The van der Waals surface area contributed by atoms with E-state index in [0.29, 0.717) is 0 Å². The highest BCUT2D eigenvalue weighted by molar-refractivity contribution is 7.75. The van der Waals surface area contributed by atoms with E-state index in [4.69, 9.17) is 13.7 Å². The molecule has 19 heavy (non-hydrogen) atoms. The molecule has 0 aliphatic carbocycles. The standard InChI is InChI=1S/C7H8O9S3/c1-4-2-3-5(14-17(8)9)7(16-19(12)13)6(4)15-18(10)11/h2-3H,1H3,(H,8,9)(H,10,11)(H,12,13). The maximum absolute atomic E-state index is 10.7. The third-order valence-electron chi connectivity index (χ3n) is 1.74. The molecule has 3 N–H and O–H groups in total. The van der Waals surface area contributed by atoms with E-state index in [1.807, 2.05) is 0 Å². The second kappa shape index (κ2) is 6.93. The Bertz CT molecular complexity index is 543. The summed E-state index contributed by atoms with van der Waals surface area (Å²) in [5.74, 6) is -1.33. The number of rotatable bonds is 6. The highest BCUT2D eigenvalue weighted by atomic mass is 32.2. The van der Waals surface area contributed by atoms with Crippen LogP contribution in [0.3, 0.4) is 0 Å². The summed E-state index contributed by atoms with van der Waals surface area (Å²) in [6.07, 6.45) is 0. The molecule has 0 fully saturated rings. The Labute approximate surface area is 115 Å². The van der Waals surface area contributed by atoms with Crippen LogP contribution in [0.25, 0.3) is 0 Å². The van der Waals surface area contributed by atoms with Gasteiger partial charge in [0.25, 0.3) is 0 Å². The molecule has 0 spiro atoms. The minimum atomic E-state index is -2.80. The van der Waals surface area contributed by atoms with Gasteiger partial charge in [0.1, 0.15) is 0 Å². The van der Waals surface area contributed by atoms with Gasteiger partial charge in [0, 0.05) is 0 Å². The van der Waals surface area contributed by atoms with Gasteiger partial charge in [-0.2, -0.15) is 12.6 Å². The Morgan fingerprint density at radius 1 is 0.842 bits per heavy atom. The summed E-state index contributed by atoms with van der Waals surface area (Å²) in [7, 11) is 0. The molecule has 0 bridgehead atoms. The smallest absolute Gasteiger partial charge is 0.357 e. The third-order valence-corrected chi connectivity index (χ3v) is 2.68. The van der Waals surface area contributed by atoms with E-state index in [0.717, 1.165) is 0 Å². The minimum absolute atomic E-state index is 0.277. The maximum atomic E-state index is 10.7. The first-order valence-corrected chi connectivity index (χ1v) is 7.42. The summed E-state index contributed by atoms with van der Waals surface area (Å²) in [6.45, 7) is 1.45. The molecule has 0 aromatic heterocycles. The lowest BCUT2D eigenvalue weighted by molar-refractivity contribution is 0.406. The Morgan fingerprint density at radius 2 is 1.32 bits per heavy atom. The van der Waals surface area contributed by atoms with Crippen molar-refractivity contribution in [1.82, 2.24) is 0 Å². The van der Waals surface area contributed by atoms with E-state index in [1.54, 1.807) is 0 Å². The van der Waals surface area contributed by atoms with Gasteiger partial charge >= 0.3 is 34.1 Å². The third kappa shape index (κ3) is 4.85. The zero-order valence-electron chi connectivity index (χ0n) is 9.17. The van der Waals surface area contributed by atoms with Crippen molar-refractivity contribution in [2.45, 2.75) is 6.92 Å². The molecular formula is C7H8O9S3. The predicted octanol–water partition coefficient (Wildman–Crippen LogP) is 0.542. The van der Waals surface area contributed by atoms with Crippen molar-refractivity contribution in [3.63, 3.8) is 0 Å². The molecule has 9 nitrogen and oxygen atoms in total. The van der Waals surface area contributed by atoms with Crippen LogP contribution in [0.1, 0.15) is 5.56 Å². The van der Waals surface area contributed by atoms with Crippen molar-refractivity contribution in [3.05, 3.63) is 17.7 Å². The van der Waals surface area contributed by atoms with Crippen LogP contribution in [0.5, 0.6) is 17.2 Å². The molecule has 0 amide bonds. The fourth-order valence-electron chi connectivity index (χ4n) is 1.11. The largest absolute Gasteiger partial charge is 0.376 e. The molecule has 0 saturated heterocycles. The average Bonchev–Trinajstić information content (AvgIpc) is 2.25. The zero-order valence-corrected chi connectivity index (χ0v) is 11.6. The Balaban J connectivity index is 3.35. The lowest BCUT2D eigenvalue weighted by atomic mass is 10.2. The Morgan fingerprint density at radius 3 is 1.79 bits per heavy atom. The summed E-state index contributed by atoms with van der Waals surface area (Å²) < 4.78 is 71.2. The van der Waals surface area contributed by atoms with Gasteiger partial charge in [-0.1, -0.05) is 6.07 Å². The van der Waals surface area contributed by atoms with Crippen LogP contribution in [0.15, 0.2) is 12.1 Å². The van der Waals surface area contributed by atoms with Gasteiger partial charge in [-0.25, -0.2) is 0 Å². The van der Waals surface area contributed by atoms with Crippen LogP contribution >= 0.6 is 0 Å². The van der Waals surface area contributed by atoms with E-state index >= 15 is 0 Å². The first kappa shape index (κ1) is 16.0. The van der Waals surface area contributed by atoms with Crippen molar-refractivity contribution >= 4 is 34.1 Å². The van der Waals surface area contributed by atoms with Crippen molar-refractivity contribution in [3.8, 4) is 17.2 Å². The Hall–Kier alpha value is -1.05. The maximum Gasteiger partial charge on any atom is 0.357 e. The summed E-state index contributed by atoms with van der Waals surface area (Å²) in [5, 5.41) is 0. The summed E-state index contributed by atoms with van der Waals surface area (Å²) in [5.41, 5.74) is 0.277. The predicted molar refractivity (Wildman–Crippen MR) is 65.4 cm³/mol. The second-order valence-corrected chi connectivity index (χ2v) is 4.74. The summed E-state index contributed by atoms with van der Waals surface area (Å²) in [4.78, 5) is 0. The molecular weight excluding hydrogens is 324 g/mol. The van der Waals surface area contributed by atoms with Gasteiger partial charge in [0.05, 0.1) is 0 Å². The van der Waals surface area contributed by atoms with Crippen LogP contribution < -0.4 is 12.5 Å². The van der Waals surface area contributed by atoms with Crippen molar-refractivity contribution in [2.75, 3.05) is 0 Å². The highest BCUT2D eigenvalue weighted by Crippen LogP contribution is 2.41. The van der Waals surface area contributed by atoms with E-state index in [2.05, 4.69) is 12.5 Å². The second-order valence-electron chi connectivity index (χ2n) is 2.94. The lowest BCUT2D eigenvalue weighted by Gasteiger charge is -2.12. The van der Waals surface area contributed by atoms with Crippen LogP contribution in [0.4, 0.5) is 0 Å². The molecule has 108 valence electrons. The van der Waals surface area contributed by atoms with Crippen LogP contribution in [0, 0.1) is 6.92 Å². The molecule has 0 radical (unpaired) electrons. The minimum Gasteiger partial charge on any atom is -0.376 e. The van der Waals surface area contributed by atoms with Gasteiger partial charge in [0.2, 0.25) is 5.75 Å². The number of hydrogen-bond acceptors (Lipinski definition) is 6. The molecule has 1 aromatic carbocycles. The molecule has 1 rings (SSSR count). The fraction of sp³-hybridized carbons (Fsp3) is 0.143. The molecule has 0 aliphatic heterocycles. The summed E-state index contributed by atoms with van der Waals surface area (Å²) >= 11 is -8.25. The van der Waals surface area contributed by atoms with Crippen LogP contribution in [-0.4, -0.2) is 26.3 Å². The van der Waals surface area contributed by atoms with Crippen molar-refractivity contribution in [1.29, 1.82) is 0 Å². The summed E-state index contributed by atoms with van der Waals surface area (Å²) in [6, 6.07) is 2.50. The lowest BCUT2D eigenvalue weighted by Crippen LogP contribution is -2.07. The molecule has 0 aliphatic rings. The van der Waals surface area contributed by atoms with Gasteiger partial charge in [-0.15, -0.1) is 0 Å². The van der Waals surface area contributed by atoms with Crippen LogP contribution in [-0.2, 0) is 34.1 Å². The molecule has 12 heteroatoms. The van der Waals surface area contributed by atoms with Gasteiger partial charge in [0.15, 0.2) is 11.5 Å². The van der Waals surface area contributed by atoms with Gasteiger partial charge < -0.3 is 12.5 Å². The average molecular weight is 332 g/mol. The number of hydrogen-bond donors (Lipinski definition) is 3. The quantitative estimate of drug-likeness (QED) is 0.637. The van der Waals surface area contributed by atoms with E-state index in [9.17, 15) is 12.6 Å². The Kier molecular flexibility index (Phi) is 5.84.